The molecule has 5 nitrogen and oxygen atoms in total. The molecule has 21 heavy (non-hydrogen) atoms. The number of carbonyl (C=O) groups is 1. The van der Waals surface area contributed by atoms with Gasteiger partial charge in [-0.05, 0) is 24.6 Å². The number of amides is 1. The maximum atomic E-state index is 11.4. The normalized spacial score (nSPS) is 10.3. The highest BCUT2D eigenvalue weighted by Crippen LogP contribution is 2.26. The van der Waals surface area contributed by atoms with Gasteiger partial charge in [-0.15, -0.1) is 0 Å². The molecular formula is C16H20N4O. The van der Waals surface area contributed by atoms with Gasteiger partial charge in [-0.2, -0.15) is 0 Å². The average molecular weight is 284 g/mol. The Morgan fingerprint density at radius 2 is 2.00 bits per heavy atom. The number of rotatable bonds is 6. The van der Waals surface area contributed by atoms with Crippen molar-refractivity contribution in [1.29, 1.82) is 0 Å². The Morgan fingerprint density at radius 3 is 2.62 bits per heavy atom. The lowest BCUT2D eigenvalue weighted by Gasteiger charge is -2.24. The third-order valence-electron chi connectivity index (χ3n) is 3.27. The molecule has 0 fully saturated rings. The highest BCUT2D eigenvalue weighted by molar-refractivity contribution is 5.98. The Labute approximate surface area is 124 Å². The van der Waals surface area contributed by atoms with Crippen LogP contribution < -0.4 is 16.4 Å². The standard InChI is InChI=1S/C16H20N4O/c1-2-3-9-20(12-7-5-4-6-8-12)15-10-13(16(18)21)14(17)11-19-15/h4-8,10-11H,2-3,9,17H2,1H3,(H2,18,21). The van der Waals surface area contributed by atoms with Gasteiger partial charge in [0.15, 0.2) is 0 Å². The fourth-order valence-electron chi connectivity index (χ4n) is 2.12. The van der Waals surface area contributed by atoms with E-state index in [9.17, 15) is 4.79 Å². The fourth-order valence-corrected chi connectivity index (χ4v) is 2.12. The molecule has 2 rings (SSSR count). The van der Waals surface area contributed by atoms with E-state index in [4.69, 9.17) is 11.5 Å². The number of hydrogen-bond acceptors (Lipinski definition) is 4. The van der Waals surface area contributed by atoms with Gasteiger partial charge < -0.3 is 16.4 Å². The van der Waals surface area contributed by atoms with E-state index in [0.717, 1.165) is 25.1 Å². The van der Waals surface area contributed by atoms with Crippen molar-refractivity contribution in [3.05, 3.63) is 48.2 Å². The molecule has 1 amide bonds. The zero-order chi connectivity index (χ0) is 15.2. The number of nitrogens with two attached hydrogens (primary N) is 2. The van der Waals surface area contributed by atoms with Crippen LogP contribution >= 0.6 is 0 Å². The molecule has 1 heterocycles. The first kappa shape index (κ1) is 14.8. The highest BCUT2D eigenvalue weighted by Gasteiger charge is 2.14. The SMILES string of the molecule is CCCCN(c1ccccc1)c1cc(C(N)=O)c(N)cn1. The van der Waals surface area contributed by atoms with E-state index in [1.54, 1.807) is 6.07 Å². The van der Waals surface area contributed by atoms with E-state index in [1.807, 2.05) is 30.3 Å². The van der Waals surface area contributed by atoms with Crippen LogP contribution in [0.5, 0.6) is 0 Å². The second kappa shape index (κ2) is 6.74. The first-order valence-corrected chi connectivity index (χ1v) is 7.01. The van der Waals surface area contributed by atoms with Crippen LogP contribution in [0.15, 0.2) is 42.6 Å². The molecular weight excluding hydrogens is 264 g/mol. The van der Waals surface area contributed by atoms with Crippen molar-refractivity contribution in [2.75, 3.05) is 17.2 Å². The number of hydrogen-bond donors (Lipinski definition) is 2. The van der Waals surface area contributed by atoms with Crippen molar-refractivity contribution in [3.63, 3.8) is 0 Å². The lowest BCUT2D eigenvalue weighted by Crippen LogP contribution is -2.21. The number of benzene rings is 1. The minimum atomic E-state index is -0.542. The van der Waals surface area contributed by atoms with Crippen LogP contribution in [0.25, 0.3) is 0 Å². The summed E-state index contributed by atoms with van der Waals surface area (Å²) in [6.07, 6.45) is 3.57. The Kier molecular flexibility index (Phi) is 4.77. The highest BCUT2D eigenvalue weighted by atomic mass is 16.1. The predicted molar refractivity (Wildman–Crippen MR) is 85.5 cm³/mol. The Balaban J connectivity index is 2.41. The predicted octanol–water partition coefficient (Wildman–Crippen LogP) is 2.70. The quantitative estimate of drug-likeness (QED) is 0.854. The number of anilines is 3. The summed E-state index contributed by atoms with van der Waals surface area (Å²) in [5.41, 5.74) is 12.7. The molecule has 0 atom stereocenters. The van der Waals surface area contributed by atoms with Crippen molar-refractivity contribution in [3.8, 4) is 0 Å². The van der Waals surface area contributed by atoms with E-state index in [2.05, 4.69) is 16.8 Å². The van der Waals surface area contributed by atoms with Gasteiger partial charge in [-0.25, -0.2) is 4.98 Å². The van der Waals surface area contributed by atoms with Crippen molar-refractivity contribution in [2.45, 2.75) is 19.8 Å². The largest absolute Gasteiger partial charge is 0.397 e. The van der Waals surface area contributed by atoms with E-state index < -0.39 is 5.91 Å². The molecule has 2 aromatic rings. The summed E-state index contributed by atoms with van der Waals surface area (Å²) in [6.45, 7) is 2.95. The van der Waals surface area contributed by atoms with E-state index in [-0.39, 0.29) is 0 Å². The van der Waals surface area contributed by atoms with Crippen LogP contribution in [0.1, 0.15) is 30.1 Å². The first-order valence-electron chi connectivity index (χ1n) is 7.01. The number of pyridine rings is 1. The summed E-state index contributed by atoms with van der Waals surface area (Å²) in [5, 5.41) is 0. The molecule has 1 aromatic heterocycles. The number of nitrogen functional groups attached to an aromatic ring is 1. The van der Waals surface area contributed by atoms with Gasteiger partial charge in [0.1, 0.15) is 5.82 Å². The zero-order valence-electron chi connectivity index (χ0n) is 12.1. The molecule has 0 spiro atoms. The molecule has 0 aliphatic carbocycles. The van der Waals surface area contributed by atoms with E-state index in [0.29, 0.717) is 17.1 Å². The number of unbranched alkanes of at least 4 members (excludes halogenated alkanes) is 1. The van der Waals surface area contributed by atoms with Crippen LogP contribution in [0.2, 0.25) is 0 Å². The van der Waals surface area contributed by atoms with Gasteiger partial charge in [0.25, 0.3) is 5.91 Å². The smallest absolute Gasteiger partial charge is 0.250 e. The lowest BCUT2D eigenvalue weighted by atomic mass is 10.2. The Morgan fingerprint density at radius 1 is 1.29 bits per heavy atom. The van der Waals surface area contributed by atoms with Gasteiger partial charge in [-0.3, -0.25) is 4.79 Å². The maximum absolute atomic E-state index is 11.4. The summed E-state index contributed by atoms with van der Waals surface area (Å²) >= 11 is 0. The topological polar surface area (TPSA) is 85.2 Å². The fraction of sp³-hybridized carbons (Fsp3) is 0.250. The van der Waals surface area contributed by atoms with Crippen LogP contribution in [0.3, 0.4) is 0 Å². The van der Waals surface area contributed by atoms with Crippen molar-refractivity contribution >= 4 is 23.1 Å². The molecule has 0 bridgehead atoms. The number of nitrogens with zero attached hydrogens (tertiary/aromatic N) is 2. The van der Waals surface area contributed by atoms with E-state index >= 15 is 0 Å². The van der Waals surface area contributed by atoms with Gasteiger partial charge in [-0.1, -0.05) is 31.5 Å². The van der Waals surface area contributed by atoms with Gasteiger partial charge in [0.05, 0.1) is 17.4 Å². The second-order valence-electron chi connectivity index (χ2n) is 4.83. The molecule has 0 unspecified atom stereocenters. The molecule has 5 heteroatoms. The minimum absolute atomic E-state index is 0.301. The van der Waals surface area contributed by atoms with Gasteiger partial charge in [0, 0.05) is 12.2 Å². The molecule has 0 aliphatic heterocycles. The molecule has 0 saturated carbocycles. The molecule has 4 N–H and O–H groups in total. The molecule has 1 aromatic carbocycles. The van der Waals surface area contributed by atoms with E-state index in [1.165, 1.54) is 6.20 Å². The van der Waals surface area contributed by atoms with Gasteiger partial charge >= 0.3 is 0 Å². The van der Waals surface area contributed by atoms with Crippen molar-refractivity contribution in [1.82, 2.24) is 4.98 Å². The monoisotopic (exact) mass is 284 g/mol. The summed E-state index contributed by atoms with van der Waals surface area (Å²) in [4.78, 5) is 17.9. The zero-order valence-corrected chi connectivity index (χ0v) is 12.1. The van der Waals surface area contributed by atoms with Crippen molar-refractivity contribution < 1.29 is 4.79 Å². The van der Waals surface area contributed by atoms with Crippen LogP contribution in [0, 0.1) is 0 Å². The summed E-state index contributed by atoms with van der Waals surface area (Å²) in [7, 11) is 0. The Bertz CT molecular complexity index is 613. The summed E-state index contributed by atoms with van der Waals surface area (Å²) in [6, 6.07) is 11.6. The second-order valence-corrected chi connectivity index (χ2v) is 4.83. The number of primary amides is 1. The lowest BCUT2D eigenvalue weighted by molar-refractivity contribution is 0.100. The van der Waals surface area contributed by atoms with Crippen LogP contribution in [-0.4, -0.2) is 17.4 Å². The first-order chi connectivity index (χ1) is 10.1. The molecule has 110 valence electrons. The van der Waals surface area contributed by atoms with Crippen LogP contribution in [-0.2, 0) is 0 Å². The average Bonchev–Trinajstić information content (AvgIpc) is 2.50. The summed E-state index contributed by atoms with van der Waals surface area (Å²) in [5.74, 6) is 0.136. The van der Waals surface area contributed by atoms with Gasteiger partial charge in [0.2, 0.25) is 0 Å². The number of para-hydroxylation sites is 1. The third-order valence-corrected chi connectivity index (χ3v) is 3.27. The molecule has 0 radical (unpaired) electrons. The van der Waals surface area contributed by atoms with Crippen LogP contribution in [0.4, 0.5) is 17.2 Å². The number of aromatic nitrogens is 1. The van der Waals surface area contributed by atoms with Crippen molar-refractivity contribution in [2.24, 2.45) is 5.73 Å². The maximum Gasteiger partial charge on any atom is 0.250 e. The summed E-state index contributed by atoms with van der Waals surface area (Å²) < 4.78 is 0. The minimum Gasteiger partial charge on any atom is -0.397 e. The Hall–Kier alpha value is -2.56. The number of carbonyl (C=O) groups excluding carboxylic acids is 1. The molecule has 0 saturated heterocycles. The molecule has 0 aliphatic rings. The third kappa shape index (κ3) is 3.51.